The molecule has 1 heterocycles. The number of aliphatic hydroxyl groups excluding tert-OH is 1. The van der Waals surface area contributed by atoms with E-state index in [1.54, 1.807) is 13.0 Å². The van der Waals surface area contributed by atoms with Crippen LogP contribution in [-0.2, 0) is 10.0 Å². The Morgan fingerprint density at radius 1 is 1.46 bits per heavy atom. The number of hydrogen-bond acceptors (Lipinski definition) is 5. The lowest BCUT2D eigenvalue weighted by molar-refractivity contribution is 0.0613. The maximum atomic E-state index is 13.4. The number of hydrogen-bond donors (Lipinski definition) is 1. The molecular formula is C16H22FN3O3S. The number of piperazine rings is 1. The van der Waals surface area contributed by atoms with Crippen LogP contribution in [0.3, 0.4) is 0 Å². The zero-order valence-electron chi connectivity index (χ0n) is 13.8. The van der Waals surface area contributed by atoms with Gasteiger partial charge in [0.05, 0.1) is 16.6 Å². The Bertz CT molecular complexity index is 731. The Hall–Kier alpha value is -1.53. The van der Waals surface area contributed by atoms with E-state index in [4.69, 9.17) is 5.26 Å². The highest BCUT2D eigenvalue weighted by molar-refractivity contribution is 7.89. The molecular weight excluding hydrogens is 333 g/mol. The molecule has 0 unspecified atom stereocenters. The first-order chi connectivity index (χ1) is 11.3. The monoisotopic (exact) mass is 355 g/mol. The number of halogens is 1. The average molecular weight is 355 g/mol. The van der Waals surface area contributed by atoms with Crippen LogP contribution in [0.1, 0.15) is 25.8 Å². The van der Waals surface area contributed by atoms with Gasteiger partial charge in [0.15, 0.2) is 0 Å². The molecule has 0 spiro atoms. The van der Waals surface area contributed by atoms with Crippen molar-refractivity contribution in [3.05, 3.63) is 29.6 Å². The minimum absolute atomic E-state index is 0.0130. The Kier molecular flexibility index (Phi) is 5.93. The average Bonchev–Trinajstić information content (AvgIpc) is 2.54. The van der Waals surface area contributed by atoms with Crippen LogP contribution in [0.15, 0.2) is 23.1 Å². The summed E-state index contributed by atoms with van der Waals surface area (Å²) in [7, 11) is -3.78. The standard InChI is InChI=1S/C16H22FN3O3S/c1-3-14-11-20(7-6-19(14)10-12(2)21)24(22,23)15-4-5-16(17)13(8-15)9-18/h4-5,8,12,14,21H,3,6-7,10-11H2,1-2H3/t12-,14+/m0/s1. The number of aliphatic hydroxyl groups is 1. The van der Waals surface area contributed by atoms with Crippen LogP contribution in [0, 0.1) is 17.1 Å². The molecule has 1 aromatic carbocycles. The van der Waals surface area contributed by atoms with E-state index in [-0.39, 0.29) is 16.5 Å². The summed E-state index contributed by atoms with van der Waals surface area (Å²) < 4.78 is 40.4. The number of rotatable bonds is 5. The highest BCUT2D eigenvalue weighted by Gasteiger charge is 2.34. The molecule has 132 valence electrons. The van der Waals surface area contributed by atoms with Gasteiger partial charge < -0.3 is 5.11 Å². The van der Waals surface area contributed by atoms with Crippen molar-refractivity contribution in [3.63, 3.8) is 0 Å². The van der Waals surface area contributed by atoms with Gasteiger partial charge in [-0.25, -0.2) is 12.8 Å². The summed E-state index contributed by atoms with van der Waals surface area (Å²) in [6.07, 6.45) is 0.281. The summed E-state index contributed by atoms with van der Waals surface area (Å²) in [4.78, 5) is 2.02. The molecule has 6 nitrogen and oxygen atoms in total. The maximum Gasteiger partial charge on any atom is 0.243 e. The Balaban J connectivity index is 2.23. The van der Waals surface area contributed by atoms with E-state index < -0.39 is 21.9 Å². The van der Waals surface area contributed by atoms with Crippen molar-refractivity contribution in [3.8, 4) is 6.07 Å². The lowest BCUT2D eigenvalue weighted by Gasteiger charge is -2.41. The fraction of sp³-hybridized carbons (Fsp3) is 0.562. The van der Waals surface area contributed by atoms with Gasteiger partial charge in [0.2, 0.25) is 10.0 Å². The van der Waals surface area contributed by atoms with E-state index in [1.807, 2.05) is 6.92 Å². The van der Waals surface area contributed by atoms with Crippen LogP contribution in [0.25, 0.3) is 0 Å². The van der Waals surface area contributed by atoms with Gasteiger partial charge in [-0.15, -0.1) is 0 Å². The minimum atomic E-state index is -3.78. The van der Waals surface area contributed by atoms with E-state index in [0.717, 1.165) is 18.6 Å². The van der Waals surface area contributed by atoms with Crippen LogP contribution in [0.4, 0.5) is 4.39 Å². The predicted octanol–water partition coefficient (Wildman–Crippen LogP) is 1.16. The molecule has 0 amide bonds. The summed E-state index contributed by atoms with van der Waals surface area (Å²) in [6, 6.07) is 4.95. The van der Waals surface area contributed by atoms with Crippen molar-refractivity contribution in [2.45, 2.75) is 37.3 Å². The third-order valence-corrected chi connectivity index (χ3v) is 6.09. The topological polar surface area (TPSA) is 84.6 Å². The molecule has 0 aliphatic carbocycles. The number of benzene rings is 1. The van der Waals surface area contributed by atoms with Crippen LogP contribution < -0.4 is 0 Å². The molecule has 1 fully saturated rings. The smallest absolute Gasteiger partial charge is 0.243 e. The number of nitrogens with zero attached hydrogens (tertiary/aromatic N) is 3. The van der Waals surface area contributed by atoms with Crippen molar-refractivity contribution in [2.75, 3.05) is 26.2 Å². The quantitative estimate of drug-likeness (QED) is 0.857. The van der Waals surface area contributed by atoms with E-state index in [0.29, 0.717) is 26.2 Å². The SMILES string of the molecule is CC[C@@H]1CN(S(=O)(=O)c2ccc(F)c(C#N)c2)CCN1C[C@H](C)O. The van der Waals surface area contributed by atoms with Gasteiger partial charge in [-0.3, -0.25) is 4.90 Å². The first-order valence-electron chi connectivity index (χ1n) is 7.91. The van der Waals surface area contributed by atoms with Gasteiger partial charge in [-0.2, -0.15) is 9.57 Å². The van der Waals surface area contributed by atoms with Crippen molar-refractivity contribution < 1.29 is 17.9 Å². The summed E-state index contributed by atoms with van der Waals surface area (Å²) in [5, 5.41) is 18.5. The molecule has 2 rings (SSSR count). The third kappa shape index (κ3) is 3.92. The highest BCUT2D eigenvalue weighted by atomic mass is 32.2. The van der Waals surface area contributed by atoms with E-state index in [9.17, 15) is 17.9 Å². The summed E-state index contributed by atoms with van der Waals surface area (Å²) in [5.41, 5.74) is -0.282. The van der Waals surface area contributed by atoms with Gasteiger partial charge in [-0.1, -0.05) is 6.92 Å². The molecule has 0 saturated carbocycles. The lowest BCUT2D eigenvalue weighted by Crippen LogP contribution is -2.55. The van der Waals surface area contributed by atoms with Gasteiger partial charge >= 0.3 is 0 Å². The van der Waals surface area contributed by atoms with Crippen LogP contribution in [0.5, 0.6) is 0 Å². The zero-order valence-corrected chi connectivity index (χ0v) is 14.6. The minimum Gasteiger partial charge on any atom is -0.392 e. The molecule has 8 heteroatoms. The lowest BCUT2D eigenvalue weighted by atomic mass is 10.1. The summed E-state index contributed by atoms with van der Waals surface area (Å²) in [5.74, 6) is -0.732. The molecule has 0 bridgehead atoms. The van der Waals surface area contributed by atoms with Crippen molar-refractivity contribution >= 4 is 10.0 Å². The van der Waals surface area contributed by atoms with Crippen molar-refractivity contribution in [2.24, 2.45) is 0 Å². The molecule has 1 aliphatic rings. The van der Waals surface area contributed by atoms with E-state index in [1.165, 1.54) is 10.4 Å². The molecule has 1 aromatic rings. The van der Waals surface area contributed by atoms with Crippen molar-refractivity contribution in [1.82, 2.24) is 9.21 Å². The van der Waals surface area contributed by atoms with Crippen LogP contribution in [0.2, 0.25) is 0 Å². The predicted molar refractivity (Wildman–Crippen MR) is 87.2 cm³/mol. The number of nitriles is 1. The van der Waals surface area contributed by atoms with E-state index in [2.05, 4.69) is 4.90 Å². The first kappa shape index (κ1) is 18.8. The van der Waals surface area contributed by atoms with Gasteiger partial charge in [0.1, 0.15) is 11.9 Å². The molecule has 1 saturated heterocycles. The fourth-order valence-corrected chi connectivity index (χ4v) is 4.44. The van der Waals surface area contributed by atoms with Crippen molar-refractivity contribution in [1.29, 1.82) is 5.26 Å². The zero-order chi connectivity index (χ0) is 17.9. The highest BCUT2D eigenvalue weighted by Crippen LogP contribution is 2.23. The fourth-order valence-electron chi connectivity index (χ4n) is 2.95. The molecule has 0 aromatic heterocycles. The molecule has 1 aliphatic heterocycles. The molecule has 2 atom stereocenters. The number of β-amino-alcohol motifs (C(OH)–C–C–N with tert-alkyl or cyclic N) is 1. The Morgan fingerprint density at radius 2 is 2.17 bits per heavy atom. The molecule has 0 radical (unpaired) electrons. The second-order valence-corrected chi connectivity index (χ2v) is 7.96. The second kappa shape index (κ2) is 7.57. The number of sulfonamides is 1. The van der Waals surface area contributed by atoms with Gasteiger partial charge in [0.25, 0.3) is 0 Å². The largest absolute Gasteiger partial charge is 0.392 e. The summed E-state index contributed by atoms with van der Waals surface area (Å²) >= 11 is 0. The van der Waals surface area contributed by atoms with Gasteiger partial charge in [-0.05, 0) is 31.5 Å². The normalized spacial score (nSPS) is 21.4. The molecule has 24 heavy (non-hydrogen) atoms. The summed E-state index contributed by atoms with van der Waals surface area (Å²) in [6.45, 7) is 5.31. The van der Waals surface area contributed by atoms with E-state index >= 15 is 0 Å². The van der Waals surface area contributed by atoms with Crippen LogP contribution >= 0.6 is 0 Å². The third-order valence-electron chi connectivity index (χ3n) is 4.23. The van der Waals surface area contributed by atoms with Gasteiger partial charge in [0, 0.05) is 32.2 Å². The first-order valence-corrected chi connectivity index (χ1v) is 9.35. The second-order valence-electron chi connectivity index (χ2n) is 6.02. The Morgan fingerprint density at radius 3 is 2.75 bits per heavy atom. The van der Waals surface area contributed by atoms with Crippen LogP contribution in [-0.4, -0.2) is 61.1 Å². The maximum absolute atomic E-state index is 13.4. The molecule has 1 N–H and O–H groups in total. The Labute approximate surface area is 142 Å².